The summed E-state index contributed by atoms with van der Waals surface area (Å²) in [4.78, 5) is 24.5. The molecule has 0 spiro atoms. The second kappa shape index (κ2) is 13.0. The number of esters is 2. The first kappa shape index (κ1) is 27.8. The van der Waals surface area contributed by atoms with Gasteiger partial charge in [-0.25, -0.2) is 0 Å². The second-order valence-electron chi connectivity index (χ2n) is 9.72. The third-order valence-electron chi connectivity index (χ3n) is 5.69. The molecule has 8 nitrogen and oxygen atoms in total. The lowest BCUT2D eigenvalue weighted by atomic mass is 9.96. The Morgan fingerprint density at radius 2 is 1.36 bits per heavy atom. The van der Waals surface area contributed by atoms with E-state index in [1.807, 2.05) is 60.7 Å². The quantitative estimate of drug-likeness (QED) is 0.452. The van der Waals surface area contributed by atoms with Crippen molar-refractivity contribution in [3.8, 4) is 0 Å². The Balaban J connectivity index is 1.87. The van der Waals surface area contributed by atoms with Crippen molar-refractivity contribution in [3.05, 3.63) is 71.8 Å². The van der Waals surface area contributed by atoms with Crippen LogP contribution in [0.2, 0.25) is 0 Å². The Morgan fingerprint density at radius 3 is 1.83 bits per heavy atom. The maximum Gasteiger partial charge on any atom is 0.311 e. The van der Waals surface area contributed by atoms with Gasteiger partial charge in [-0.3, -0.25) is 9.59 Å². The normalized spacial score (nSPS) is 24.2. The summed E-state index contributed by atoms with van der Waals surface area (Å²) in [5.74, 6) is -0.910. The summed E-state index contributed by atoms with van der Waals surface area (Å²) in [6.45, 7) is 6.99. The third-order valence-corrected chi connectivity index (χ3v) is 5.69. The average molecular weight is 501 g/mol. The van der Waals surface area contributed by atoms with Crippen molar-refractivity contribution >= 4 is 11.9 Å². The van der Waals surface area contributed by atoms with Gasteiger partial charge in [0, 0.05) is 14.0 Å². The van der Waals surface area contributed by atoms with Crippen molar-refractivity contribution in [2.45, 2.75) is 71.6 Å². The van der Waals surface area contributed by atoms with Crippen LogP contribution in [-0.2, 0) is 51.2 Å². The minimum Gasteiger partial charge on any atom is -0.462 e. The molecule has 0 radical (unpaired) electrons. The lowest BCUT2D eigenvalue weighted by molar-refractivity contribution is -0.316. The van der Waals surface area contributed by atoms with Gasteiger partial charge in [0.2, 0.25) is 0 Å². The monoisotopic (exact) mass is 500 g/mol. The van der Waals surface area contributed by atoms with E-state index in [1.165, 1.54) is 14.0 Å². The minimum atomic E-state index is -0.897. The molecular formula is C28H36O8. The Bertz CT molecular complexity index is 957. The standard InChI is InChI=1S/C28H36O8/c1-19(29)35-23-22(18-34-27(30)28(2,3)4)36-26(31-5)25(33-17-21-14-10-7-11-15-21)24(23)32-16-20-12-8-6-9-13-20/h6-15,22-26H,16-18H2,1-5H3/t22-,23-,24+,25-,26+/m1/s1. The molecule has 1 saturated heterocycles. The van der Waals surface area contributed by atoms with Gasteiger partial charge in [-0.2, -0.15) is 0 Å². The predicted octanol–water partition coefficient (Wildman–Crippen LogP) is 4.05. The van der Waals surface area contributed by atoms with Gasteiger partial charge in [-0.05, 0) is 31.9 Å². The van der Waals surface area contributed by atoms with E-state index in [-0.39, 0.29) is 19.8 Å². The zero-order chi connectivity index (χ0) is 26.1. The molecule has 1 fully saturated rings. The number of carbonyl (C=O) groups excluding carboxylic acids is 2. The lowest BCUT2D eigenvalue weighted by Crippen LogP contribution is -2.62. The molecule has 2 aromatic rings. The maximum atomic E-state index is 12.4. The highest BCUT2D eigenvalue weighted by Crippen LogP contribution is 2.31. The Kier molecular flexibility index (Phi) is 10.0. The highest BCUT2D eigenvalue weighted by molar-refractivity contribution is 5.75. The molecule has 1 aliphatic rings. The maximum absolute atomic E-state index is 12.4. The van der Waals surface area contributed by atoms with Crippen LogP contribution in [0.1, 0.15) is 38.8 Å². The summed E-state index contributed by atoms with van der Waals surface area (Å²) in [5, 5.41) is 0. The van der Waals surface area contributed by atoms with Gasteiger partial charge in [0.15, 0.2) is 12.4 Å². The summed E-state index contributed by atoms with van der Waals surface area (Å²) in [5.41, 5.74) is 1.20. The molecule has 1 heterocycles. The van der Waals surface area contributed by atoms with Crippen molar-refractivity contribution < 1.29 is 38.0 Å². The summed E-state index contributed by atoms with van der Waals surface area (Å²) in [6, 6.07) is 19.3. The second-order valence-corrected chi connectivity index (χ2v) is 9.72. The smallest absolute Gasteiger partial charge is 0.311 e. The zero-order valence-electron chi connectivity index (χ0n) is 21.5. The van der Waals surface area contributed by atoms with Gasteiger partial charge in [0.1, 0.15) is 24.9 Å². The molecule has 0 bridgehead atoms. The first-order valence-corrected chi connectivity index (χ1v) is 12.0. The van der Waals surface area contributed by atoms with Crippen molar-refractivity contribution in [1.82, 2.24) is 0 Å². The lowest BCUT2D eigenvalue weighted by Gasteiger charge is -2.44. The largest absolute Gasteiger partial charge is 0.462 e. The van der Waals surface area contributed by atoms with Gasteiger partial charge in [-0.1, -0.05) is 60.7 Å². The summed E-state index contributed by atoms with van der Waals surface area (Å²) < 4.78 is 35.5. The van der Waals surface area contributed by atoms with Crippen molar-refractivity contribution in [2.75, 3.05) is 13.7 Å². The van der Waals surface area contributed by atoms with Crippen LogP contribution in [0.3, 0.4) is 0 Å². The SMILES string of the molecule is CO[C@H]1O[C@H](COC(=O)C(C)(C)C)[C@@H](OC(C)=O)[C@H](OCc2ccccc2)[C@H]1OCc1ccccc1. The van der Waals surface area contributed by atoms with Crippen LogP contribution in [0.4, 0.5) is 0 Å². The summed E-state index contributed by atoms with van der Waals surface area (Å²) >= 11 is 0. The zero-order valence-corrected chi connectivity index (χ0v) is 21.5. The molecular weight excluding hydrogens is 464 g/mol. The first-order valence-electron chi connectivity index (χ1n) is 12.0. The molecule has 0 aromatic heterocycles. The molecule has 1 aliphatic heterocycles. The topological polar surface area (TPSA) is 89.5 Å². The van der Waals surface area contributed by atoms with E-state index in [0.717, 1.165) is 11.1 Å². The number of hydrogen-bond donors (Lipinski definition) is 0. The highest BCUT2D eigenvalue weighted by atomic mass is 16.7. The molecule has 196 valence electrons. The van der Waals surface area contributed by atoms with Gasteiger partial charge in [-0.15, -0.1) is 0 Å². The van der Waals surface area contributed by atoms with Crippen LogP contribution in [-0.4, -0.2) is 56.4 Å². The molecule has 0 amide bonds. The number of rotatable bonds is 10. The average Bonchev–Trinajstić information content (AvgIpc) is 2.86. The van der Waals surface area contributed by atoms with Crippen LogP contribution in [0, 0.1) is 5.41 Å². The van der Waals surface area contributed by atoms with Crippen LogP contribution < -0.4 is 0 Å². The van der Waals surface area contributed by atoms with Crippen molar-refractivity contribution in [2.24, 2.45) is 5.41 Å². The molecule has 0 unspecified atom stereocenters. The Hall–Kier alpha value is -2.78. The number of carbonyl (C=O) groups is 2. The van der Waals surface area contributed by atoms with E-state index in [9.17, 15) is 9.59 Å². The fraction of sp³-hybridized carbons (Fsp3) is 0.500. The molecule has 36 heavy (non-hydrogen) atoms. The fourth-order valence-electron chi connectivity index (χ4n) is 3.81. The van der Waals surface area contributed by atoms with Crippen LogP contribution in [0.5, 0.6) is 0 Å². The summed E-state index contributed by atoms with van der Waals surface area (Å²) in [6.07, 6.45) is -4.04. The van der Waals surface area contributed by atoms with Crippen molar-refractivity contribution in [1.29, 1.82) is 0 Å². The van der Waals surface area contributed by atoms with Gasteiger partial charge in [0.25, 0.3) is 0 Å². The van der Waals surface area contributed by atoms with E-state index in [2.05, 4.69) is 0 Å². The van der Waals surface area contributed by atoms with E-state index in [4.69, 9.17) is 28.4 Å². The molecule has 0 aliphatic carbocycles. The molecule has 2 aromatic carbocycles. The minimum absolute atomic E-state index is 0.134. The van der Waals surface area contributed by atoms with E-state index in [0.29, 0.717) is 0 Å². The first-order chi connectivity index (χ1) is 17.2. The molecule has 8 heteroatoms. The van der Waals surface area contributed by atoms with E-state index >= 15 is 0 Å². The number of hydrogen-bond acceptors (Lipinski definition) is 8. The molecule has 0 saturated carbocycles. The summed E-state index contributed by atoms with van der Waals surface area (Å²) in [7, 11) is 1.50. The highest BCUT2D eigenvalue weighted by Gasteiger charge is 2.50. The van der Waals surface area contributed by atoms with E-state index in [1.54, 1.807) is 20.8 Å². The van der Waals surface area contributed by atoms with E-state index < -0.39 is 48.1 Å². The number of benzene rings is 2. The van der Waals surface area contributed by atoms with Crippen LogP contribution in [0.25, 0.3) is 0 Å². The van der Waals surface area contributed by atoms with Crippen LogP contribution >= 0.6 is 0 Å². The molecule has 5 atom stereocenters. The van der Waals surface area contributed by atoms with Gasteiger partial charge < -0.3 is 28.4 Å². The Morgan fingerprint density at radius 1 is 0.833 bits per heavy atom. The number of methoxy groups -OCH3 is 1. The molecule has 0 N–H and O–H groups in total. The predicted molar refractivity (Wildman–Crippen MR) is 132 cm³/mol. The fourth-order valence-corrected chi connectivity index (χ4v) is 3.81. The Labute approximate surface area is 212 Å². The number of ether oxygens (including phenoxy) is 6. The molecule has 3 rings (SSSR count). The van der Waals surface area contributed by atoms with Crippen molar-refractivity contribution in [3.63, 3.8) is 0 Å². The van der Waals surface area contributed by atoms with Gasteiger partial charge >= 0.3 is 11.9 Å². The third kappa shape index (κ3) is 7.86. The van der Waals surface area contributed by atoms with Crippen LogP contribution in [0.15, 0.2) is 60.7 Å². The van der Waals surface area contributed by atoms with Gasteiger partial charge in [0.05, 0.1) is 18.6 Å².